The van der Waals surface area contributed by atoms with Crippen LogP contribution in [0.4, 0.5) is 5.69 Å². The summed E-state index contributed by atoms with van der Waals surface area (Å²) in [6.07, 6.45) is 0. The summed E-state index contributed by atoms with van der Waals surface area (Å²) < 4.78 is 5.31. The fourth-order valence-electron chi connectivity index (χ4n) is 3.13. The van der Waals surface area contributed by atoms with Gasteiger partial charge in [0, 0.05) is 6.54 Å². The van der Waals surface area contributed by atoms with Crippen LogP contribution in [0, 0.1) is 0 Å². The van der Waals surface area contributed by atoms with E-state index >= 15 is 0 Å². The molecule has 0 saturated carbocycles. The number of anilines is 1. The molecule has 8 nitrogen and oxygen atoms in total. The molecule has 3 aromatic rings. The van der Waals surface area contributed by atoms with Crippen molar-refractivity contribution in [1.29, 1.82) is 0 Å². The van der Waals surface area contributed by atoms with E-state index in [1.807, 2.05) is 19.9 Å². The van der Waals surface area contributed by atoms with Crippen molar-refractivity contribution in [3.63, 3.8) is 0 Å². The normalized spacial score (nSPS) is 13.0. The van der Waals surface area contributed by atoms with Crippen molar-refractivity contribution in [1.82, 2.24) is 15.3 Å². The first kappa shape index (κ1) is 18.7. The van der Waals surface area contributed by atoms with Crippen LogP contribution in [0.15, 0.2) is 41.2 Å². The number of aromatic amines is 1. The van der Waals surface area contributed by atoms with Crippen molar-refractivity contribution in [3.8, 4) is 5.75 Å². The highest BCUT2D eigenvalue weighted by molar-refractivity contribution is 5.95. The highest BCUT2D eigenvalue weighted by atomic mass is 16.5. The van der Waals surface area contributed by atoms with E-state index in [4.69, 9.17) is 4.74 Å². The zero-order valence-electron chi connectivity index (χ0n) is 16.0. The van der Waals surface area contributed by atoms with Gasteiger partial charge < -0.3 is 20.4 Å². The molecular formula is C21H20N4O4. The van der Waals surface area contributed by atoms with Crippen LogP contribution in [0.5, 0.6) is 5.75 Å². The largest absolute Gasteiger partial charge is 0.482 e. The third-order valence-electron chi connectivity index (χ3n) is 4.74. The quantitative estimate of drug-likeness (QED) is 0.631. The summed E-state index contributed by atoms with van der Waals surface area (Å²) in [6, 6.07) is 10.7. The minimum Gasteiger partial charge on any atom is -0.482 e. The molecule has 0 unspecified atom stereocenters. The molecule has 1 aromatic heterocycles. The van der Waals surface area contributed by atoms with Gasteiger partial charge in [0.05, 0.1) is 16.6 Å². The fraction of sp³-hybridized carbons (Fsp3) is 0.238. The average molecular weight is 392 g/mol. The van der Waals surface area contributed by atoms with Gasteiger partial charge in [0.1, 0.15) is 5.75 Å². The molecule has 0 aliphatic carbocycles. The van der Waals surface area contributed by atoms with Crippen molar-refractivity contribution >= 4 is 28.4 Å². The van der Waals surface area contributed by atoms with Crippen LogP contribution in [0.3, 0.4) is 0 Å². The van der Waals surface area contributed by atoms with E-state index in [2.05, 4.69) is 20.6 Å². The number of aromatic nitrogens is 2. The first-order valence-corrected chi connectivity index (χ1v) is 9.28. The molecular weight excluding hydrogens is 372 g/mol. The van der Waals surface area contributed by atoms with Gasteiger partial charge in [-0.25, -0.2) is 4.98 Å². The number of nitrogens with one attached hydrogen (secondary N) is 3. The Labute approximate surface area is 166 Å². The number of amides is 2. The van der Waals surface area contributed by atoms with Gasteiger partial charge in [0.15, 0.2) is 12.4 Å². The molecule has 3 N–H and O–H groups in total. The lowest BCUT2D eigenvalue weighted by atomic mass is 10.0. The molecule has 0 saturated heterocycles. The summed E-state index contributed by atoms with van der Waals surface area (Å²) in [5, 5.41) is 5.91. The predicted molar refractivity (Wildman–Crippen MR) is 108 cm³/mol. The molecule has 0 spiro atoms. The van der Waals surface area contributed by atoms with Crippen LogP contribution >= 0.6 is 0 Å². The Bertz CT molecular complexity index is 1180. The number of rotatable bonds is 4. The standard InChI is InChI=1S/C21H20N4O4/c1-11(2)13-4-5-15-14(8-13)20(27)25-19(24-15)21(28)22-9-12-3-6-17-16(7-12)23-18(26)10-29-17/h3-8,11H,9-10H2,1-2H3,(H,22,28)(H,23,26)(H,24,25,27). The Morgan fingerprint density at radius 3 is 2.83 bits per heavy atom. The molecule has 2 aromatic carbocycles. The summed E-state index contributed by atoms with van der Waals surface area (Å²) >= 11 is 0. The van der Waals surface area contributed by atoms with Crippen molar-refractivity contribution in [2.45, 2.75) is 26.3 Å². The highest BCUT2D eigenvalue weighted by Gasteiger charge is 2.17. The lowest BCUT2D eigenvalue weighted by Gasteiger charge is -2.18. The Balaban J connectivity index is 1.52. The molecule has 0 atom stereocenters. The first-order valence-electron chi connectivity index (χ1n) is 9.28. The fourth-order valence-corrected chi connectivity index (χ4v) is 3.13. The van der Waals surface area contributed by atoms with E-state index in [0.29, 0.717) is 22.3 Å². The van der Waals surface area contributed by atoms with Crippen LogP contribution in [-0.4, -0.2) is 28.4 Å². The molecule has 2 amide bonds. The van der Waals surface area contributed by atoms with Crippen molar-refractivity contribution in [3.05, 3.63) is 63.7 Å². The molecule has 29 heavy (non-hydrogen) atoms. The van der Waals surface area contributed by atoms with Crippen molar-refractivity contribution in [2.75, 3.05) is 11.9 Å². The zero-order valence-corrected chi connectivity index (χ0v) is 16.0. The van der Waals surface area contributed by atoms with E-state index in [9.17, 15) is 14.4 Å². The highest BCUT2D eigenvalue weighted by Crippen LogP contribution is 2.28. The van der Waals surface area contributed by atoms with Gasteiger partial charge in [-0.05, 0) is 41.3 Å². The van der Waals surface area contributed by atoms with E-state index in [1.165, 1.54) is 0 Å². The SMILES string of the molecule is CC(C)c1ccc2nc(C(=O)NCc3ccc4c(c3)NC(=O)CO4)[nH]c(=O)c2c1. The van der Waals surface area contributed by atoms with Gasteiger partial charge in [-0.3, -0.25) is 14.4 Å². The third-order valence-corrected chi connectivity index (χ3v) is 4.74. The van der Waals surface area contributed by atoms with Gasteiger partial charge in [-0.1, -0.05) is 26.0 Å². The maximum atomic E-state index is 12.5. The third kappa shape index (κ3) is 3.82. The number of carbonyl (C=O) groups excluding carboxylic acids is 2. The number of nitrogens with zero attached hydrogens (tertiary/aromatic N) is 1. The van der Waals surface area contributed by atoms with Crippen molar-refractivity contribution < 1.29 is 14.3 Å². The van der Waals surface area contributed by atoms with Crippen LogP contribution in [-0.2, 0) is 11.3 Å². The number of carbonyl (C=O) groups is 2. The molecule has 0 bridgehead atoms. The monoisotopic (exact) mass is 392 g/mol. The van der Waals surface area contributed by atoms with E-state index in [-0.39, 0.29) is 36.4 Å². The Morgan fingerprint density at radius 2 is 2.03 bits per heavy atom. The van der Waals surface area contributed by atoms with Gasteiger partial charge in [0.2, 0.25) is 0 Å². The maximum absolute atomic E-state index is 12.5. The van der Waals surface area contributed by atoms with Gasteiger partial charge in [-0.2, -0.15) is 0 Å². The van der Waals surface area contributed by atoms with Gasteiger partial charge >= 0.3 is 0 Å². The van der Waals surface area contributed by atoms with E-state index in [0.717, 1.165) is 11.1 Å². The first-order chi connectivity index (χ1) is 13.9. The summed E-state index contributed by atoms with van der Waals surface area (Å²) in [5.41, 5.74) is 2.48. The van der Waals surface area contributed by atoms with E-state index < -0.39 is 5.91 Å². The summed E-state index contributed by atoms with van der Waals surface area (Å²) in [4.78, 5) is 43.2. The van der Waals surface area contributed by atoms with Gasteiger partial charge in [0.25, 0.3) is 17.4 Å². The lowest BCUT2D eigenvalue weighted by molar-refractivity contribution is -0.118. The predicted octanol–water partition coefficient (Wildman–Crippen LogP) is 2.31. The second kappa shape index (κ2) is 7.38. The number of H-pyrrole nitrogens is 1. The molecule has 0 radical (unpaired) electrons. The van der Waals surface area contributed by atoms with Crippen LogP contribution < -0.4 is 20.9 Å². The molecule has 2 heterocycles. The zero-order chi connectivity index (χ0) is 20.5. The van der Waals surface area contributed by atoms with Crippen LogP contribution in [0.25, 0.3) is 10.9 Å². The second-order valence-electron chi connectivity index (χ2n) is 7.20. The van der Waals surface area contributed by atoms with E-state index in [1.54, 1.807) is 30.3 Å². The number of benzene rings is 2. The Hall–Kier alpha value is -3.68. The number of fused-ring (bicyclic) bond motifs is 2. The molecule has 148 valence electrons. The minimum absolute atomic E-state index is 0.0112. The van der Waals surface area contributed by atoms with Crippen LogP contribution in [0.1, 0.15) is 41.5 Å². The van der Waals surface area contributed by atoms with Gasteiger partial charge in [-0.15, -0.1) is 0 Å². The smallest absolute Gasteiger partial charge is 0.287 e. The summed E-state index contributed by atoms with van der Waals surface area (Å²) in [5.74, 6) is 0.108. The molecule has 0 fully saturated rings. The second-order valence-corrected chi connectivity index (χ2v) is 7.20. The number of hydrogen-bond donors (Lipinski definition) is 3. The molecule has 8 heteroatoms. The van der Waals surface area contributed by atoms with Crippen molar-refractivity contribution in [2.24, 2.45) is 0 Å². The maximum Gasteiger partial charge on any atom is 0.287 e. The topological polar surface area (TPSA) is 113 Å². The lowest BCUT2D eigenvalue weighted by Crippen LogP contribution is -2.28. The molecule has 4 rings (SSSR count). The van der Waals surface area contributed by atoms with Crippen LogP contribution in [0.2, 0.25) is 0 Å². The molecule has 1 aliphatic rings. The minimum atomic E-state index is -0.491. The molecule has 1 aliphatic heterocycles. The average Bonchev–Trinajstić information content (AvgIpc) is 2.71. The summed E-state index contributed by atoms with van der Waals surface area (Å²) in [7, 11) is 0. The Morgan fingerprint density at radius 1 is 1.21 bits per heavy atom. The number of hydrogen-bond acceptors (Lipinski definition) is 5. The Kier molecular flexibility index (Phi) is 4.75. The summed E-state index contributed by atoms with van der Waals surface area (Å²) in [6.45, 7) is 4.28. The number of ether oxygens (including phenoxy) is 1.